The largest absolute Gasteiger partial charge is 0.478 e. The van der Waals surface area contributed by atoms with E-state index in [0.29, 0.717) is 40.7 Å². The third-order valence-electron chi connectivity index (χ3n) is 8.73. The van der Waals surface area contributed by atoms with Crippen molar-refractivity contribution in [3.8, 4) is 11.8 Å². The number of rotatable bonds is 8. The number of halogens is 1. The topological polar surface area (TPSA) is 204 Å². The third-order valence-corrected chi connectivity index (χ3v) is 8.92. The average Bonchev–Trinajstić information content (AvgIpc) is 3.70. The highest BCUT2D eigenvalue weighted by molar-refractivity contribution is 6.29. The minimum absolute atomic E-state index is 0.0247. The standard InChI is InChI=1S/C23H32N8O2.C13H11ClN6O2/c1-14-12-31-13-17(28-21(33-7)19(31)26-14)27-20(32)16-10-25-18(11-24-16)30(6)15-8-22(2,3)29-23(4,5)9-15;1-7-5-20-6-10(19-13(22-2)11(20)17-7)18-12(21)8-3-16-9(14)4-15-8/h10-13,15,29H,8-9H2,1-7H3,(H,27,32);3-6H,1-2H3,(H,18,21). The van der Waals surface area contributed by atoms with Gasteiger partial charge in [-0.1, -0.05) is 11.6 Å². The van der Waals surface area contributed by atoms with Crippen LogP contribution in [0.15, 0.2) is 49.6 Å². The van der Waals surface area contributed by atoms with Gasteiger partial charge < -0.3 is 30.3 Å². The molecular weight excluding hydrogens is 728 g/mol. The second-order valence-corrected chi connectivity index (χ2v) is 14.8. The van der Waals surface area contributed by atoms with Gasteiger partial charge in [-0.05, 0) is 54.4 Å². The summed E-state index contributed by atoms with van der Waals surface area (Å²) in [6.45, 7) is 12.6. The number of carbonyl (C=O) groups is 2. The predicted octanol–water partition coefficient (Wildman–Crippen LogP) is 4.58. The Morgan fingerprint density at radius 3 is 1.64 bits per heavy atom. The van der Waals surface area contributed by atoms with Gasteiger partial charge in [-0.3, -0.25) is 18.4 Å². The molecule has 0 atom stereocenters. The molecule has 0 aliphatic carbocycles. The predicted molar refractivity (Wildman–Crippen MR) is 206 cm³/mol. The Balaban J connectivity index is 0.000000203. The minimum atomic E-state index is -0.449. The molecule has 1 fully saturated rings. The molecule has 0 spiro atoms. The van der Waals surface area contributed by atoms with Crippen LogP contribution in [0.25, 0.3) is 11.3 Å². The summed E-state index contributed by atoms with van der Waals surface area (Å²) in [5.41, 5.74) is 3.19. The molecule has 18 nitrogen and oxygen atoms in total. The number of anilines is 3. The highest BCUT2D eigenvalue weighted by Crippen LogP contribution is 2.32. The summed E-state index contributed by atoms with van der Waals surface area (Å²) in [6.07, 6.45) is 14.7. The fraction of sp³-hybridized carbons (Fsp3) is 0.389. The first-order valence-corrected chi connectivity index (χ1v) is 17.7. The summed E-state index contributed by atoms with van der Waals surface area (Å²) >= 11 is 5.64. The summed E-state index contributed by atoms with van der Waals surface area (Å²) in [7, 11) is 5.04. The molecule has 1 aliphatic heterocycles. The number of piperidine rings is 1. The molecule has 6 aromatic heterocycles. The quantitative estimate of drug-likeness (QED) is 0.194. The summed E-state index contributed by atoms with van der Waals surface area (Å²) in [5, 5.41) is 9.31. The molecular formula is C36H43ClN14O4. The van der Waals surface area contributed by atoms with E-state index in [1.165, 1.54) is 32.8 Å². The number of ether oxygens (including phenoxy) is 2. The van der Waals surface area contributed by atoms with Crippen LogP contribution in [0, 0.1) is 13.8 Å². The van der Waals surface area contributed by atoms with Crippen molar-refractivity contribution in [1.29, 1.82) is 0 Å². The number of methoxy groups -OCH3 is 2. The summed E-state index contributed by atoms with van der Waals surface area (Å²) < 4.78 is 14.0. The zero-order valence-corrected chi connectivity index (χ0v) is 32.8. The molecule has 55 heavy (non-hydrogen) atoms. The molecule has 288 valence electrons. The Labute approximate surface area is 322 Å². The van der Waals surface area contributed by atoms with Crippen molar-refractivity contribution in [3.63, 3.8) is 0 Å². The number of fused-ring (bicyclic) bond motifs is 2. The maximum Gasteiger partial charge on any atom is 0.277 e. The van der Waals surface area contributed by atoms with Crippen LogP contribution in [0.2, 0.25) is 5.15 Å². The first kappa shape index (κ1) is 38.7. The summed E-state index contributed by atoms with van der Waals surface area (Å²) in [4.78, 5) is 60.8. The fourth-order valence-electron chi connectivity index (χ4n) is 6.72. The van der Waals surface area contributed by atoms with Crippen LogP contribution in [-0.4, -0.2) is 98.9 Å². The van der Waals surface area contributed by atoms with Crippen LogP contribution in [0.1, 0.15) is 72.9 Å². The number of nitrogens with zero attached hydrogens (tertiary/aromatic N) is 11. The molecule has 0 saturated carbocycles. The van der Waals surface area contributed by atoms with Gasteiger partial charge in [0.15, 0.2) is 11.6 Å². The van der Waals surface area contributed by atoms with Crippen LogP contribution in [0.3, 0.4) is 0 Å². The van der Waals surface area contributed by atoms with Crippen molar-refractivity contribution in [2.24, 2.45) is 0 Å². The molecule has 0 bridgehead atoms. The maximum absolute atomic E-state index is 12.8. The monoisotopic (exact) mass is 770 g/mol. The number of imidazole rings is 2. The Bertz CT molecular complexity index is 2330. The van der Waals surface area contributed by atoms with Crippen molar-refractivity contribution in [2.75, 3.05) is 36.8 Å². The number of aromatic nitrogens is 10. The van der Waals surface area contributed by atoms with Gasteiger partial charge in [0, 0.05) is 36.6 Å². The Hall–Kier alpha value is -6.01. The summed E-state index contributed by atoms with van der Waals surface area (Å²) in [6, 6.07) is 0.312. The number of hydrogen-bond acceptors (Lipinski definition) is 14. The van der Waals surface area contributed by atoms with E-state index in [-0.39, 0.29) is 27.6 Å². The number of aryl methyl sites for hydroxylation is 2. The second kappa shape index (κ2) is 15.4. The molecule has 19 heteroatoms. The first-order chi connectivity index (χ1) is 26.0. The minimum Gasteiger partial charge on any atom is -0.478 e. The lowest BCUT2D eigenvalue weighted by molar-refractivity contribution is 0.101. The molecule has 1 saturated heterocycles. The van der Waals surface area contributed by atoms with Crippen molar-refractivity contribution in [3.05, 3.63) is 77.5 Å². The summed E-state index contributed by atoms with van der Waals surface area (Å²) in [5.74, 6) is 1.18. The van der Waals surface area contributed by atoms with Gasteiger partial charge in [0.05, 0.1) is 62.8 Å². The number of amides is 2. The van der Waals surface area contributed by atoms with Gasteiger partial charge in [0.1, 0.15) is 22.4 Å². The Morgan fingerprint density at radius 1 is 0.745 bits per heavy atom. The number of nitrogens with one attached hydrogen (secondary N) is 3. The SMILES string of the molecule is COc1nc(NC(=O)c2cnc(Cl)cn2)cn2cc(C)nc12.COc1nc(NC(=O)c2cnc(N(C)C3CC(C)(C)NC(C)(C)C3)cn2)cn2cc(C)nc12. The van der Waals surface area contributed by atoms with E-state index in [4.69, 9.17) is 21.1 Å². The van der Waals surface area contributed by atoms with E-state index in [0.717, 1.165) is 30.0 Å². The second-order valence-electron chi connectivity index (χ2n) is 14.5. The molecule has 6 aromatic rings. The fourth-order valence-corrected chi connectivity index (χ4v) is 6.82. The normalized spacial score (nSPS) is 14.9. The van der Waals surface area contributed by atoms with Crippen LogP contribution in [-0.2, 0) is 0 Å². The lowest BCUT2D eigenvalue weighted by Crippen LogP contribution is -2.62. The van der Waals surface area contributed by atoms with Crippen LogP contribution < -0.4 is 30.3 Å². The highest BCUT2D eigenvalue weighted by Gasteiger charge is 2.39. The third kappa shape index (κ3) is 9.04. The van der Waals surface area contributed by atoms with Gasteiger partial charge >= 0.3 is 0 Å². The maximum atomic E-state index is 12.8. The molecule has 7 heterocycles. The number of hydrogen-bond donors (Lipinski definition) is 3. The highest BCUT2D eigenvalue weighted by atomic mass is 35.5. The lowest BCUT2D eigenvalue weighted by Gasteiger charge is -2.49. The van der Waals surface area contributed by atoms with Crippen LogP contribution in [0.5, 0.6) is 11.8 Å². The van der Waals surface area contributed by atoms with E-state index in [2.05, 4.69) is 88.4 Å². The average molecular weight is 771 g/mol. The molecule has 3 N–H and O–H groups in total. The zero-order chi connectivity index (χ0) is 39.7. The van der Waals surface area contributed by atoms with Crippen molar-refractivity contribution < 1.29 is 19.1 Å². The van der Waals surface area contributed by atoms with Gasteiger partial charge in [-0.2, -0.15) is 9.97 Å². The molecule has 1 aliphatic rings. The molecule has 0 radical (unpaired) electrons. The Kier molecular flexibility index (Phi) is 10.8. The van der Waals surface area contributed by atoms with Crippen molar-refractivity contribution in [2.45, 2.75) is 71.5 Å². The van der Waals surface area contributed by atoms with Crippen molar-refractivity contribution in [1.82, 2.24) is 54.0 Å². The van der Waals surface area contributed by atoms with Crippen molar-refractivity contribution >= 4 is 52.2 Å². The first-order valence-electron chi connectivity index (χ1n) is 17.3. The van der Waals surface area contributed by atoms with Crippen LogP contribution >= 0.6 is 11.6 Å². The molecule has 2 amide bonds. The zero-order valence-electron chi connectivity index (χ0n) is 32.0. The van der Waals surface area contributed by atoms with E-state index in [1.807, 2.05) is 27.1 Å². The van der Waals surface area contributed by atoms with Gasteiger partial charge in [-0.15, -0.1) is 0 Å². The van der Waals surface area contributed by atoms with E-state index < -0.39 is 11.8 Å². The lowest BCUT2D eigenvalue weighted by atomic mass is 9.79. The van der Waals surface area contributed by atoms with E-state index in [1.54, 1.807) is 33.6 Å². The smallest absolute Gasteiger partial charge is 0.277 e. The van der Waals surface area contributed by atoms with Crippen LogP contribution in [0.4, 0.5) is 17.5 Å². The van der Waals surface area contributed by atoms with Gasteiger partial charge in [-0.25, -0.2) is 29.9 Å². The molecule has 7 rings (SSSR count). The number of carbonyl (C=O) groups excluding carboxylic acids is 2. The molecule has 0 unspecified atom stereocenters. The van der Waals surface area contributed by atoms with E-state index >= 15 is 0 Å². The van der Waals surface area contributed by atoms with E-state index in [9.17, 15) is 9.59 Å². The van der Waals surface area contributed by atoms with Gasteiger partial charge in [0.2, 0.25) is 11.3 Å². The molecule has 0 aromatic carbocycles. The Morgan fingerprint density at radius 2 is 1.22 bits per heavy atom. The van der Waals surface area contributed by atoms with Gasteiger partial charge in [0.25, 0.3) is 23.6 Å².